The fourth-order valence-corrected chi connectivity index (χ4v) is 4.57. The van der Waals surface area contributed by atoms with Crippen LogP contribution in [0, 0.1) is 11.8 Å². The molecule has 0 unspecified atom stereocenters. The molecule has 2 fully saturated rings. The van der Waals surface area contributed by atoms with Crippen molar-refractivity contribution in [2.75, 3.05) is 24.5 Å². The van der Waals surface area contributed by atoms with Gasteiger partial charge in [0, 0.05) is 37.2 Å². The van der Waals surface area contributed by atoms with Crippen molar-refractivity contribution in [1.82, 2.24) is 4.90 Å². The van der Waals surface area contributed by atoms with E-state index < -0.39 is 0 Å². The lowest BCUT2D eigenvalue weighted by Gasteiger charge is -2.32. The van der Waals surface area contributed by atoms with E-state index in [1.54, 1.807) is 0 Å². The molecule has 0 radical (unpaired) electrons. The summed E-state index contributed by atoms with van der Waals surface area (Å²) in [5.41, 5.74) is 2.38. The number of rotatable bonds is 2. The first-order valence-corrected chi connectivity index (χ1v) is 9.42. The normalized spacial score (nSPS) is 26.5. The predicted molar refractivity (Wildman–Crippen MR) is 93.8 cm³/mol. The summed E-state index contributed by atoms with van der Waals surface area (Å²) < 4.78 is 0. The van der Waals surface area contributed by atoms with Crippen LogP contribution in [-0.2, 0) is 16.0 Å². The molecule has 4 nitrogen and oxygen atoms in total. The standard InChI is InChI=1S/C20H26N2O2/c23-19(21-12-3-4-13-21)16-7-9-17(10-8-16)20(24)22-14-11-15-5-1-2-6-18(15)22/h1-2,5-6,16-17H,3-4,7-14H2. The summed E-state index contributed by atoms with van der Waals surface area (Å²) in [7, 11) is 0. The number of likely N-dealkylation sites (tertiary alicyclic amines) is 1. The summed E-state index contributed by atoms with van der Waals surface area (Å²) >= 11 is 0. The molecule has 1 aromatic rings. The molecular weight excluding hydrogens is 300 g/mol. The van der Waals surface area contributed by atoms with Crippen molar-refractivity contribution in [2.24, 2.45) is 11.8 Å². The van der Waals surface area contributed by atoms with E-state index in [-0.39, 0.29) is 17.7 Å². The van der Waals surface area contributed by atoms with Gasteiger partial charge in [-0.3, -0.25) is 9.59 Å². The Balaban J connectivity index is 1.36. The predicted octanol–water partition coefficient (Wildman–Crippen LogP) is 3.00. The van der Waals surface area contributed by atoms with Crippen LogP contribution in [0.25, 0.3) is 0 Å². The molecule has 128 valence electrons. The Morgan fingerprint density at radius 2 is 1.46 bits per heavy atom. The van der Waals surface area contributed by atoms with Gasteiger partial charge in [-0.1, -0.05) is 18.2 Å². The Hall–Kier alpha value is -1.84. The molecular formula is C20H26N2O2. The zero-order valence-electron chi connectivity index (χ0n) is 14.2. The summed E-state index contributed by atoms with van der Waals surface area (Å²) in [5.74, 6) is 0.855. The van der Waals surface area contributed by atoms with Crippen LogP contribution in [0.1, 0.15) is 44.1 Å². The zero-order chi connectivity index (χ0) is 16.5. The molecule has 4 rings (SSSR count). The Kier molecular flexibility index (Phi) is 4.30. The van der Waals surface area contributed by atoms with Crippen LogP contribution in [0.3, 0.4) is 0 Å². The van der Waals surface area contributed by atoms with E-state index >= 15 is 0 Å². The number of carbonyl (C=O) groups excluding carboxylic acids is 2. The van der Waals surface area contributed by atoms with Crippen molar-refractivity contribution in [2.45, 2.75) is 44.9 Å². The molecule has 0 atom stereocenters. The van der Waals surface area contributed by atoms with Gasteiger partial charge < -0.3 is 9.80 Å². The van der Waals surface area contributed by atoms with Crippen molar-refractivity contribution < 1.29 is 9.59 Å². The molecule has 4 heteroatoms. The van der Waals surface area contributed by atoms with Crippen LogP contribution in [0.15, 0.2) is 24.3 Å². The Morgan fingerprint density at radius 1 is 0.833 bits per heavy atom. The maximum absolute atomic E-state index is 12.9. The number of carbonyl (C=O) groups is 2. The van der Waals surface area contributed by atoms with Crippen LogP contribution in [0.4, 0.5) is 5.69 Å². The second kappa shape index (κ2) is 6.58. The van der Waals surface area contributed by atoms with Gasteiger partial charge in [-0.25, -0.2) is 0 Å². The smallest absolute Gasteiger partial charge is 0.230 e. The number of fused-ring (bicyclic) bond motifs is 1. The van der Waals surface area contributed by atoms with Gasteiger partial charge in [-0.2, -0.15) is 0 Å². The molecule has 1 saturated carbocycles. The molecule has 0 bridgehead atoms. The Labute approximate surface area is 143 Å². The van der Waals surface area contributed by atoms with Gasteiger partial charge >= 0.3 is 0 Å². The number of benzene rings is 1. The van der Waals surface area contributed by atoms with E-state index in [4.69, 9.17) is 0 Å². The van der Waals surface area contributed by atoms with E-state index in [1.165, 1.54) is 5.56 Å². The summed E-state index contributed by atoms with van der Waals surface area (Å²) in [6, 6.07) is 8.23. The highest BCUT2D eigenvalue weighted by molar-refractivity contribution is 5.97. The molecule has 0 N–H and O–H groups in total. The number of hydrogen-bond donors (Lipinski definition) is 0. The fourth-order valence-electron chi connectivity index (χ4n) is 4.57. The van der Waals surface area contributed by atoms with E-state index in [1.807, 2.05) is 21.9 Å². The molecule has 2 aliphatic heterocycles. The minimum absolute atomic E-state index is 0.0961. The average Bonchev–Trinajstić information content (AvgIpc) is 3.30. The number of anilines is 1. The number of amides is 2. The van der Waals surface area contributed by atoms with Crippen molar-refractivity contribution in [3.8, 4) is 0 Å². The number of hydrogen-bond acceptors (Lipinski definition) is 2. The summed E-state index contributed by atoms with van der Waals surface area (Å²) in [5, 5.41) is 0. The van der Waals surface area contributed by atoms with Gasteiger partial charge in [-0.15, -0.1) is 0 Å². The first kappa shape index (κ1) is 15.7. The zero-order valence-corrected chi connectivity index (χ0v) is 14.2. The van der Waals surface area contributed by atoms with Crippen LogP contribution in [0.2, 0.25) is 0 Å². The van der Waals surface area contributed by atoms with E-state index in [0.717, 1.165) is 70.3 Å². The summed E-state index contributed by atoms with van der Waals surface area (Å²) in [6.45, 7) is 2.68. The van der Waals surface area contributed by atoms with Crippen LogP contribution >= 0.6 is 0 Å². The third kappa shape index (κ3) is 2.83. The highest BCUT2D eigenvalue weighted by Crippen LogP contribution is 2.35. The van der Waals surface area contributed by atoms with Gasteiger partial charge in [0.05, 0.1) is 0 Å². The minimum atomic E-state index is 0.0961. The minimum Gasteiger partial charge on any atom is -0.342 e. The Bertz CT molecular complexity index is 628. The third-order valence-electron chi connectivity index (χ3n) is 6.00. The maximum Gasteiger partial charge on any atom is 0.230 e. The van der Waals surface area contributed by atoms with Crippen LogP contribution < -0.4 is 4.90 Å². The molecule has 3 aliphatic rings. The van der Waals surface area contributed by atoms with Crippen LogP contribution in [-0.4, -0.2) is 36.3 Å². The molecule has 1 aliphatic carbocycles. The van der Waals surface area contributed by atoms with Crippen molar-refractivity contribution >= 4 is 17.5 Å². The Morgan fingerprint density at radius 3 is 2.17 bits per heavy atom. The van der Waals surface area contributed by atoms with Gasteiger partial charge in [0.1, 0.15) is 0 Å². The topological polar surface area (TPSA) is 40.6 Å². The summed E-state index contributed by atoms with van der Waals surface area (Å²) in [4.78, 5) is 29.5. The van der Waals surface area contributed by atoms with E-state index in [0.29, 0.717) is 5.91 Å². The summed E-state index contributed by atoms with van der Waals surface area (Å²) in [6.07, 6.45) is 6.73. The molecule has 2 amide bonds. The number of nitrogens with zero attached hydrogens (tertiary/aromatic N) is 2. The lowest BCUT2D eigenvalue weighted by atomic mass is 9.80. The first-order valence-electron chi connectivity index (χ1n) is 9.42. The average molecular weight is 326 g/mol. The largest absolute Gasteiger partial charge is 0.342 e. The second-order valence-electron chi connectivity index (χ2n) is 7.45. The highest BCUT2D eigenvalue weighted by Gasteiger charge is 2.36. The molecule has 0 aromatic heterocycles. The van der Waals surface area contributed by atoms with Crippen molar-refractivity contribution in [3.63, 3.8) is 0 Å². The maximum atomic E-state index is 12.9. The SMILES string of the molecule is O=C(C1CCC(C(=O)N2CCc3ccccc32)CC1)N1CCCC1. The van der Waals surface area contributed by atoms with E-state index in [2.05, 4.69) is 12.1 Å². The highest BCUT2D eigenvalue weighted by atomic mass is 16.2. The lowest BCUT2D eigenvalue weighted by molar-refractivity contribution is -0.137. The van der Waals surface area contributed by atoms with Gasteiger partial charge in [-0.05, 0) is 56.6 Å². The van der Waals surface area contributed by atoms with Gasteiger partial charge in [0.15, 0.2) is 0 Å². The lowest BCUT2D eigenvalue weighted by Crippen LogP contribution is -2.40. The first-order chi connectivity index (χ1) is 11.7. The van der Waals surface area contributed by atoms with Crippen LogP contribution in [0.5, 0.6) is 0 Å². The van der Waals surface area contributed by atoms with Gasteiger partial charge in [0.2, 0.25) is 11.8 Å². The van der Waals surface area contributed by atoms with Crippen molar-refractivity contribution in [1.29, 1.82) is 0 Å². The quantitative estimate of drug-likeness (QED) is 0.838. The van der Waals surface area contributed by atoms with Gasteiger partial charge in [0.25, 0.3) is 0 Å². The van der Waals surface area contributed by atoms with E-state index in [9.17, 15) is 9.59 Å². The third-order valence-corrected chi connectivity index (χ3v) is 6.00. The molecule has 2 heterocycles. The molecule has 1 saturated heterocycles. The fraction of sp³-hybridized carbons (Fsp3) is 0.600. The second-order valence-corrected chi connectivity index (χ2v) is 7.45. The molecule has 0 spiro atoms. The molecule has 24 heavy (non-hydrogen) atoms. The monoisotopic (exact) mass is 326 g/mol. The molecule has 1 aromatic carbocycles. The number of para-hydroxylation sites is 1. The van der Waals surface area contributed by atoms with Crippen molar-refractivity contribution in [3.05, 3.63) is 29.8 Å².